The second-order valence-electron chi connectivity index (χ2n) is 5.06. The van der Waals surface area contributed by atoms with Crippen molar-refractivity contribution in [1.82, 2.24) is 0 Å². The number of aliphatic carboxylic acids is 1. The van der Waals surface area contributed by atoms with Gasteiger partial charge in [-0.2, -0.15) is 0 Å². The first-order chi connectivity index (χ1) is 10.6. The number of carboxylic acids is 1. The number of carbonyl (C=O) groups is 2. The van der Waals surface area contributed by atoms with Crippen LogP contribution in [0.2, 0.25) is 0 Å². The summed E-state index contributed by atoms with van der Waals surface area (Å²) in [5, 5.41) is 9.07. The molecule has 0 aliphatic rings. The first kappa shape index (κ1) is 15.8. The molecule has 22 heavy (non-hydrogen) atoms. The van der Waals surface area contributed by atoms with Crippen LogP contribution in [0.3, 0.4) is 0 Å². The second-order valence-corrected chi connectivity index (χ2v) is 5.06. The van der Waals surface area contributed by atoms with Gasteiger partial charge in [-0.15, -0.1) is 0 Å². The quantitative estimate of drug-likeness (QED) is 0.794. The van der Waals surface area contributed by atoms with E-state index in [0.29, 0.717) is 11.3 Å². The summed E-state index contributed by atoms with van der Waals surface area (Å²) in [7, 11) is 1.56. The van der Waals surface area contributed by atoms with Gasteiger partial charge in [-0.1, -0.05) is 30.3 Å². The fourth-order valence-corrected chi connectivity index (χ4v) is 2.36. The normalized spacial score (nSPS) is 11.7. The van der Waals surface area contributed by atoms with Gasteiger partial charge in [0.05, 0.1) is 13.5 Å². The lowest BCUT2D eigenvalue weighted by Gasteiger charge is -2.14. The number of hydrogen-bond acceptors (Lipinski definition) is 3. The Bertz CT molecular complexity index is 632. The maximum atomic E-state index is 12.4. The summed E-state index contributed by atoms with van der Waals surface area (Å²) < 4.78 is 5.06. The molecular formula is C18H18O4. The molecule has 4 heteroatoms. The first-order valence-corrected chi connectivity index (χ1v) is 7.04. The van der Waals surface area contributed by atoms with Crippen LogP contribution in [0.25, 0.3) is 0 Å². The summed E-state index contributed by atoms with van der Waals surface area (Å²) in [6.45, 7) is 0. The van der Waals surface area contributed by atoms with Crippen molar-refractivity contribution in [3.05, 3.63) is 65.7 Å². The average molecular weight is 298 g/mol. The highest BCUT2D eigenvalue weighted by Crippen LogP contribution is 2.25. The van der Waals surface area contributed by atoms with Crippen molar-refractivity contribution in [2.75, 3.05) is 7.11 Å². The largest absolute Gasteiger partial charge is 0.497 e. The topological polar surface area (TPSA) is 63.6 Å². The fourth-order valence-electron chi connectivity index (χ4n) is 2.36. The highest BCUT2D eigenvalue weighted by atomic mass is 16.5. The van der Waals surface area contributed by atoms with E-state index in [-0.39, 0.29) is 24.5 Å². The van der Waals surface area contributed by atoms with Crippen molar-refractivity contribution in [2.24, 2.45) is 0 Å². The van der Waals surface area contributed by atoms with Crippen LogP contribution in [-0.2, 0) is 4.79 Å². The SMILES string of the molecule is COc1ccc(C(=O)C[C@@H](CC(=O)O)c2ccccc2)cc1. The van der Waals surface area contributed by atoms with E-state index in [1.807, 2.05) is 30.3 Å². The van der Waals surface area contributed by atoms with E-state index in [2.05, 4.69) is 0 Å². The van der Waals surface area contributed by atoms with Crippen LogP contribution in [0.4, 0.5) is 0 Å². The van der Waals surface area contributed by atoms with Crippen LogP contribution in [0.1, 0.15) is 34.7 Å². The third-order valence-electron chi connectivity index (χ3n) is 3.54. The van der Waals surface area contributed by atoms with Crippen molar-refractivity contribution in [3.8, 4) is 5.75 Å². The van der Waals surface area contributed by atoms with Gasteiger partial charge in [0.25, 0.3) is 0 Å². The Labute approximate surface area is 129 Å². The molecule has 0 aliphatic carbocycles. The summed E-state index contributed by atoms with van der Waals surface area (Å²) in [4.78, 5) is 23.4. The number of carboxylic acid groups (broad SMARTS) is 1. The van der Waals surface area contributed by atoms with Gasteiger partial charge in [0.1, 0.15) is 5.75 Å². The van der Waals surface area contributed by atoms with Gasteiger partial charge in [0, 0.05) is 17.9 Å². The predicted octanol–water partition coefficient (Wildman–Crippen LogP) is 3.53. The lowest BCUT2D eigenvalue weighted by atomic mass is 9.89. The highest BCUT2D eigenvalue weighted by molar-refractivity contribution is 5.96. The molecule has 0 aliphatic heterocycles. The summed E-state index contributed by atoms with van der Waals surface area (Å²) in [5.41, 5.74) is 1.43. The van der Waals surface area contributed by atoms with E-state index in [9.17, 15) is 9.59 Å². The summed E-state index contributed by atoms with van der Waals surface area (Å²) in [6, 6.07) is 16.1. The Morgan fingerprint density at radius 2 is 1.64 bits per heavy atom. The summed E-state index contributed by atoms with van der Waals surface area (Å²) >= 11 is 0. The van der Waals surface area contributed by atoms with Crippen LogP contribution < -0.4 is 4.74 Å². The molecule has 0 fully saturated rings. The van der Waals surface area contributed by atoms with Crippen LogP contribution >= 0.6 is 0 Å². The molecule has 0 radical (unpaired) electrons. The van der Waals surface area contributed by atoms with Crippen molar-refractivity contribution in [1.29, 1.82) is 0 Å². The molecule has 0 saturated heterocycles. The Balaban J connectivity index is 2.15. The van der Waals surface area contributed by atoms with E-state index in [1.54, 1.807) is 31.4 Å². The molecule has 0 spiro atoms. The first-order valence-electron chi connectivity index (χ1n) is 7.04. The molecule has 2 rings (SSSR count). The molecule has 0 heterocycles. The molecule has 1 atom stereocenters. The number of rotatable bonds is 7. The minimum absolute atomic E-state index is 0.0636. The van der Waals surface area contributed by atoms with E-state index >= 15 is 0 Å². The number of carbonyl (C=O) groups excluding carboxylic acids is 1. The molecule has 0 aromatic heterocycles. The minimum atomic E-state index is -0.906. The van der Waals surface area contributed by atoms with Crippen LogP contribution in [0.5, 0.6) is 5.75 Å². The van der Waals surface area contributed by atoms with Gasteiger partial charge in [-0.05, 0) is 29.8 Å². The molecule has 2 aromatic rings. The number of ketones is 1. The van der Waals surface area contributed by atoms with Gasteiger partial charge in [0.2, 0.25) is 0 Å². The Hall–Kier alpha value is -2.62. The molecule has 1 N–H and O–H groups in total. The van der Waals surface area contributed by atoms with Gasteiger partial charge in [-0.3, -0.25) is 9.59 Å². The van der Waals surface area contributed by atoms with Crippen LogP contribution in [-0.4, -0.2) is 24.0 Å². The summed E-state index contributed by atoms with van der Waals surface area (Å²) in [6.07, 6.45) is 0.106. The number of ether oxygens (including phenoxy) is 1. The van der Waals surface area contributed by atoms with Gasteiger partial charge < -0.3 is 9.84 Å². The average Bonchev–Trinajstić information content (AvgIpc) is 2.54. The minimum Gasteiger partial charge on any atom is -0.497 e. The zero-order valence-electron chi connectivity index (χ0n) is 12.4. The van der Waals surface area contributed by atoms with Crippen LogP contribution in [0.15, 0.2) is 54.6 Å². The zero-order valence-corrected chi connectivity index (χ0v) is 12.4. The van der Waals surface area contributed by atoms with E-state index in [0.717, 1.165) is 5.56 Å². The molecule has 2 aromatic carbocycles. The Morgan fingerprint density at radius 3 is 2.18 bits per heavy atom. The van der Waals surface area contributed by atoms with Crippen molar-refractivity contribution < 1.29 is 19.4 Å². The third kappa shape index (κ3) is 4.19. The number of hydrogen-bond donors (Lipinski definition) is 1. The summed E-state index contributed by atoms with van der Waals surface area (Å²) in [5.74, 6) is -0.621. The fraction of sp³-hybridized carbons (Fsp3) is 0.222. The molecule has 4 nitrogen and oxygen atoms in total. The van der Waals surface area contributed by atoms with Crippen molar-refractivity contribution in [2.45, 2.75) is 18.8 Å². The number of Topliss-reactive ketones (excluding diaryl/α,β-unsaturated/α-hetero) is 1. The number of methoxy groups -OCH3 is 1. The third-order valence-corrected chi connectivity index (χ3v) is 3.54. The molecule has 0 bridgehead atoms. The van der Waals surface area contributed by atoms with Gasteiger partial charge in [-0.25, -0.2) is 0 Å². The molecule has 0 saturated carbocycles. The van der Waals surface area contributed by atoms with Crippen molar-refractivity contribution in [3.63, 3.8) is 0 Å². The lowest BCUT2D eigenvalue weighted by Crippen LogP contribution is -2.12. The Kier molecular flexibility index (Phi) is 5.31. The van der Waals surface area contributed by atoms with Gasteiger partial charge >= 0.3 is 5.97 Å². The zero-order chi connectivity index (χ0) is 15.9. The molecular weight excluding hydrogens is 280 g/mol. The molecule has 114 valence electrons. The maximum absolute atomic E-state index is 12.4. The smallest absolute Gasteiger partial charge is 0.303 e. The van der Waals surface area contributed by atoms with E-state index in [4.69, 9.17) is 9.84 Å². The van der Waals surface area contributed by atoms with E-state index < -0.39 is 5.97 Å². The lowest BCUT2D eigenvalue weighted by molar-refractivity contribution is -0.137. The Morgan fingerprint density at radius 1 is 1.00 bits per heavy atom. The maximum Gasteiger partial charge on any atom is 0.303 e. The standard InChI is InChI=1S/C18H18O4/c1-22-16-9-7-14(8-10-16)17(19)11-15(12-18(20)21)13-5-3-2-4-6-13/h2-10,15H,11-12H2,1H3,(H,20,21)/t15-/m0/s1. The predicted molar refractivity (Wildman–Crippen MR) is 83.4 cm³/mol. The van der Waals surface area contributed by atoms with E-state index in [1.165, 1.54) is 0 Å². The van der Waals surface area contributed by atoms with Crippen molar-refractivity contribution >= 4 is 11.8 Å². The number of benzene rings is 2. The monoisotopic (exact) mass is 298 g/mol. The molecule has 0 amide bonds. The van der Waals surface area contributed by atoms with Gasteiger partial charge in [0.15, 0.2) is 5.78 Å². The molecule has 0 unspecified atom stereocenters. The highest BCUT2D eigenvalue weighted by Gasteiger charge is 2.20. The second kappa shape index (κ2) is 7.41. The van der Waals surface area contributed by atoms with Crippen LogP contribution in [0, 0.1) is 0 Å².